The van der Waals surface area contributed by atoms with Gasteiger partial charge in [-0.15, -0.1) is 0 Å². The largest absolute Gasteiger partial charge is 0.448 e. The van der Waals surface area contributed by atoms with E-state index in [0.717, 1.165) is 24.4 Å². The summed E-state index contributed by atoms with van der Waals surface area (Å²) in [5.74, 6) is 1.84. The predicted molar refractivity (Wildman–Crippen MR) is 80.6 cm³/mol. The van der Waals surface area contributed by atoms with E-state index in [1.54, 1.807) is 6.92 Å². The number of hydrogen-bond donors (Lipinski definition) is 1. The minimum atomic E-state index is -0.110. The third-order valence-electron chi connectivity index (χ3n) is 3.81. The highest BCUT2D eigenvalue weighted by molar-refractivity contribution is 5.92. The van der Waals surface area contributed by atoms with Crippen LogP contribution in [-0.4, -0.2) is 39.4 Å². The van der Waals surface area contributed by atoms with Crippen molar-refractivity contribution in [2.75, 3.05) is 18.9 Å². The molecule has 0 saturated carbocycles. The van der Waals surface area contributed by atoms with Crippen molar-refractivity contribution in [3.63, 3.8) is 0 Å². The lowest BCUT2D eigenvalue weighted by molar-refractivity contribution is 0.0726. The van der Waals surface area contributed by atoms with Crippen LogP contribution in [0.3, 0.4) is 0 Å². The number of aryl methyl sites for hydroxylation is 2. The van der Waals surface area contributed by atoms with Gasteiger partial charge in [0, 0.05) is 26.6 Å². The molecule has 22 heavy (non-hydrogen) atoms. The Morgan fingerprint density at radius 3 is 2.86 bits per heavy atom. The second kappa shape index (κ2) is 5.75. The lowest BCUT2D eigenvalue weighted by Gasteiger charge is -2.23. The Hall–Kier alpha value is -2.44. The molecule has 1 aliphatic heterocycles. The first-order valence-electron chi connectivity index (χ1n) is 7.35. The summed E-state index contributed by atoms with van der Waals surface area (Å²) in [4.78, 5) is 27.4. The third-order valence-corrected chi connectivity index (χ3v) is 3.81. The number of nitrogens with zero attached hydrogens (tertiary/aromatic N) is 4. The predicted octanol–water partition coefficient (Wildman–Crippen LogP) is 2.10. The summed E-state index contributed by atoms with van der Waals surface area (Å²) < 4.78 is 5.15. The van der Waals surface area contributed by atoms with Gasteiger partial charge >= 0.3 is 0 Å². The van der Waals surface area contributed by atoms with Gasteiger partial charge in [-0.25, -0.2) is 15.0 Å². The van der Waals surface area contributed by atoms with Crippen molar-refractivity contribution in [1.29, 1.82) is 0 Å². The molecule has 0 unspecified atom stereocenters. The molecular formula is C15H19N5O2. The first kappa shape index (κ1) is 14.5. The van der Waals surface area contributed by atoms with Crippen LogP contribution in [0.2, 0.25) is 0 Å². The number of likely N-dealkylation sites (tertiary alicyclic amines) is 1. The maximum Gasteiger partial charge on any atom is 0.276 e. The Bertz CT molecular complexity index is 697. The topological polar surface area (TPSA) is 84.2 Å². The number of aromatic nitrogens is 3. The van der Waals surface area contributed by atoms with E-state index in [9.17, 15) is 4.79 Å². The summed E-state index contributed by atoms with van der Waals surface area (Å²) >= 11 is 0. The molecule has 7 heteroatoms. The molecule has 1 N–H and O–H groups in total. The van der Waals surface area contributed by atoms with Gasteiger partial charge in [0.2, 0.25) is 0 Å². The van der Waals surface area contributed by atoms with Gasteiger partial charge in [0.05, 0.1) is 11.7 Å². The molecule has 0 bridgehead atoms. The number of rotatable bonds is 3. The van der Waals surface area contributed by atoms with E-state index in [1.165, 1.54) is 6.26 Å². The monoisotopic (exact) mass is 301 g/mol. The van der Waals surface area contributed by atoms with Crippen LogP contribution in [0.5, 0.6) is 0 Å². The Balaban J connectivity index is 1.90. The highest BCUT2D eigenvalue weighted by atomic mass is 16.3. The zero-order valence-electron chi connectivity index (χ0n) is 13.0. The molecule has 1 fully saturated rings. The maximum absolute atomic E-state index is 12.6. The Morgan fingerprint density at radius 1 is 1.36 bits per heavy atom. The van der Waals surface area contributed by atoms with Gasteiger partial charge in [0.25, 0.3) is 5.91 Å². The van der Waals surface area contributed by atoms with Crippen molar-refractivity contribution in [2.24, 2.45) is 0 Å². The molecule has 0 aliphatic carbocycles. The molecule has 7 nitrogen and oxygen atoms in total. The van der Waals surface area contributed by atoms with E-state index in [1.807, 2.05) is 24.9 Å². The fraction of sp³-hybridized carbons (Fsp3) is 0.467. The van der Waals surface area contributed by atoms with Crippen molar-refractivity contribution >= 4 is 11.7 Å². The number of carbonyl (C=O) groups excluding carboxylic acids is 1. The normalized spacial score (nSPS) is 17.8. The molecule has 3 heterocycles. The van der Waals surface area contributed by atoms with Gasteiger partial charge in [-0.1, -0.05) is 0 Å². The first-order chi connectivity index (χ1) is 10.6. The van der Waals surface area contributed by atoms with Crippen molar-refractivity contribution in [1.82, 2.24) is 19.9 Å². The Morgan fingerprint density at radius 2 is 2.18 bits per heavy atom. The van der Waals surface area contributed by atoms with Gasteiger partial charge in [-0.3, -0.25) is 4.79 Å². The molecule has 1 atom stereocenters. The molecule has 1 saturated heterocycles. The van der Waals surface area contributed by atoms with Crippen LogP contribution in [0, 0.1) is 13.8 Å². The average Bonchev–Trinajstić information content (AvgIpc) is 3.14. The van der Waals surface area contributed by atoms with Crippen LogP contribution >= 0.6 is 0 Å². The second-order valence-corrected chi connectivity index (χ2v) is 5.38. The van der Waals surface area contributed by atoms with E-state index in [0.29, 0.717) is 24.0 Å². The van der Waals surface area contributed by atoms with Crippen LogP contribution < -0.4 is 5.32 Å². The molecular weight excluding hydrogens is 282 g/mol. The van der Waals surface area contributed by atoms with E-state index in [-0.39, 0.29) is 11.9 Å². The summed E-state index contributed by atoms with van der Waals surface area (Å²) in [6.07, 6.45) is 3.25. The standard InChI is InChI=1S/C15H19N5O2/c1-9-17-11(7-14(16-3)18-9)13-5-4-6-20(13)15(21)12-8-22-10(2)19-12/h7-8,13H,4-6H2,1-3H3,(H,16,17,18)/t13-/m1/s1. The van der Waals surface area contributed by atoms with E-state index in [2.05, 4.69) is 20.3 Å². The van der Waals surface area contributed by atoms with Crippen LogP contribution in [0.1, 0.15) is 46.8 Å². The van der Waals surface area contributed by atoms with Crippen LogP contribution in [0.25, 0.3) is 0 Å². The van der Waals surface area contributed by atoms with Gasteiger partial charge < -0.3 is 14.6 Å². The molecule has 1 amide bonds. The Labute approximate surface area is 128 Å². The lowest BCUT2D eigenvalue weighted by Crippen LogP contribution is -2.31. The summed E-state index contributed by atoms with van der Waals surface area (Å²) in [6.45, 7) is 4.28. The van der Waals surface area contributed by atoms with Gasteiger partial charge in [-0.05, 0) is 19.8 Å². The quantitative estimate of drug-likeness (QED) is 0.934. The van der Waals surface area contributed by atoms with Crippen LogP contribution in [0.15, 0.2) is 16.7 Å². The van der Waals surface area contributed by atoms with Gasteiger partial charge in [0.1, 0.15) is 17.9 Å². The third kappa shape index (κ3) is 2.66. The van der Waals surface area contributed by atoms with E-state index < -0.39 is 0 Å². The van der Waals surface area contributed by atoms with E-state index in [4.69, 9.17) is 4.42 Å². The minimum Gasteiger partial charge on any atom is -0.448 e. The zero-order valence-corrected chi connectivity index (χ0v) is 13.0. The van der Waals surface area contributed by atoms with Crippen molar-refractivity contribution in [2.45, 2.75) is 32.7 Å². The fourth-order valence-electron chi connectivity index (χ4n) is 2.82. The molecule has 1 aliphatic rings. The summed E-state index contributed by atoms with van der Waals surface area (Å²) in [5, 5.41) is 3.03. The summed E-state index contributed by atoms with van der Waals surface area (Å²) in [7, 11) is 1.82. The highest BCUT2D eigenvalue weighted by Gasteiger charge is 2.33. The average molecular weight is 301 g/mol. The Kier molecular flexibility index (Phi) is 3.79. The fourth-order valence-corrected chi connectivity index (χ4v) is 2.82. The number of anilines is 1. The van der Waals surface area contributed by atoms with Crippen LogP contribution in [-0.2, 0) is 0 Å². The number of carbonyl (C=O) groups is 1. The molecule has 116 valence electrons. The van der Waals surface area contributed by atoms with Gasteiger partial charge in [-0.2, -0.15) is 0 Å². The zero-order chi connectivity index (χ0) is 15.7. The highest BCUT2D eigenvalue weighted by Crippen LogP contribution is 2.32. The van der Waals surface area contributed by atoms with Crippen molar-refractivity contribution in [3.8, 4) is 0 Å². The molecule has 0 radical (unpaired) electrons. The molecule has 2 aromatic rings. The van der Waals surface area contributed by atoms with Crippen LogP contribution in [0.4, 0.5) is 5.82 Å². The maximum atomic E-state index is 12.6. The summed E-state index contributed by atoms with van der Waals surface area (Å²) in [5.41, 5.74) is 1.21. The number of hydrogen-bond acceptors (Lipinski definition) is 6. The minimum absolute atomic E-state index is 0.0432. The van der Waals surface area contributed by atoms with Gasteiger partial charge in [0.15, 0.2) is 11.6 Å². The number of oxazole rings is 1. The first-order valence-corrected chi connectivity index (χ1v) is 7.35. The number of amides is 1. The number of nitrogens with one attached hydrogen (secondary N) is 1. The molecule has 3 rings (SSSR count). The molecule has 0 spiro atoms. The molecule has 2 aromatic heterocycles. The SMILES string of the molecule is CNc1cc([C@H]2CCCN2C(=O)c2coc(C)n2)nc(C)n1. The lowest BCUT2D eigenvalue weighted by atomic mass is 10.1. The molecule has 0 aromatic carbocycles. The summed E-state index contributed by atoms with van der Waals surface area (Å²) in [6, 6.07) is 1.86. The van der Waals surface area contributed by atoms with Crippen molar-refractivity contribution < 1.29 is 9.21 Å². The smallest absolute Gasteiger partial charge is 0.276 e. The second-order valence-electron chi connectivity index (χ2n) is 5.38. The van der Waals surface area contributed by atoms with Crippen molar-refractivity contribution in [3.05, 3.63) is 35.4 Å². The van der Waals surface area contributed by atoms with E-state index >= 15 is 0 Å².